The van der Waals surface area contributed by atoms with Crippen molar-refractivity contribution in [3.05, 3.63) is 23.3 Å². The van der Waals surface area contributed by atoms with Gasteiger partial charge < -0.3 is 15.0 Å². The highest BCUT2D eigenvalue weighted by Gasteiger charge is 2.18. The Balaban J connectivity index is 2.18. The number of ether oxygens (including phenoxy) is 1. The van der Waals surface area contributed by atoms with Crippen LogP contribution in [0, 0.1) is 13.8 Å². The van der Waals surface area contributed by atoms with Crippen LogP contribution in [0.4, 0.5) is 0 Å². The van der Waals surface area contributed by atoms with E-state index in [2.05, 4.69) is 20.3 Å². The van der Waals surface area contributed by atoms with Crippen molar-refractivity contribution >= 4 is 0 Å². The SMILES string of the molecule is Cc1cc(-c2nc(C(N)COC(C)C)no2)c(C)nn1. The van der Waals surface area contributed by atoms with Gasteiger partial charge in [-0.1, -0.05) is 5.16 Å². The largest absolute Gasteiger partial charge is 0.377 e. The van der Waals surface area contributed by atoms with Gasteiger partial charge in [0, 0.05) is 0 Å². The lowest BCUT2D eigenvalue weighted by Crippen LogP contribution is -2.20. The Bertz CT molecular complexity index is 582. The summed E-state index contributed by atoms with van der Waals surface area (Å²) in [6.07, 6.45) is 0.113. The third kappa shape index (κ3) is 3.37. The molecule has 0 bridgehead atoms. The normalized spacial score (nSPS) is 12.9. The van der Waals surface area contributed by atoms with Crippen LogP contribution >= 0.6 is 0 Å². The Morgan fingerprint density at radius 3 is 2.75 bits per heavy atom. The van der Waals surface area contributed by atoms with E-state index in [-0.39, 0.29) is 6.10 Å². The summed E-state index contributed by atoms with van der Waals surface area (Å²) in [4.78, 5) is 4.31. The number of rotatable bonds is 5. The quantitative estimate of drug-likeness (QED) is 0.885. The monoisotopic (exact) mass is 277 g/mol. The zero-order valence-corrected chi connectivity index (χ0v) is 12.1. The summed E-state index contributed by atoms with van der Waals surface area (Å²) in [6.45, 7) is 7.94. The van der Waals surface area contributed by atoms with Crippen LogP contribution in [0.2, 0.25) is 0 Å². The molecule has 2 heterocycles. The van der Waals surface area contributed by atoms with Crippen LogP contribution in [0.3, 0.4) is 0 Å². The molecule has 0 amide bonds. The van der Waals surface area contributed by atoms with Gasteiger partial charge in [0.25, 0.3) is 5.89 Å². The molecule has 0 saturated heterocycles. The second-order valence-electron chi connectivity index (χ2n) is 4.93. The molecule has 1 unspecified atom stereocenters. The molecule has 2 aromatic rings. The molecule has 0 saturated carbocycles. The van der Waals surface area contributed by atoms with Crippen molar-refractivity contribution in [2.24, 2.45) is 5.73 Å². The molecule has 2 N–H and O–H groups in total. The molecule has 0 radical (unpaired) electrons. The van der Waals surface area contributed by atoms with Crippen molar-refractivity contribution in [2.45, 2.75) is 39.8 Å². The first-order valence-electron chi connectivity index (χ1n) is 6.49. The van der Waals surface area contributed by atoms with Gasteiger partial charge in [-0.25, -0.2) is 0 Å². The summed E-state index contributed by atoms with van der Waals surface area (Å²) < 4.78 is 10.7. The third-order valence-electron chi connectivity index (χ3n) is 2.71. The van der Waals surface area contributed by atoms with Crippen LogP contribution < -0.4 is 5.73 Å². The highest BCUT2D eigenvalue weighted by Crippen LogP contribution is 2.21. The van der Waals surface area contributed by atoms with E-state index >= 15 is 0 Å². The first kappa shape index (κ1) is 14.5. The molecule has 108 valence electrons. The molecular weight excluding hydrogens is 258 g/mol. The minimum absolute atomic E-state index is 0.113. The first-order chi connectivity index (χ1) is 9.47. The maximum absolute atomic E-state index is 5.96. The Hall–Kier alpha value is -1.86. The smallest absolute Gasteiger partial charge is 0.259 e. The fraction of sp³-hybridized carbons (Fsp3) is 0.538. The summed E-state index contributed by atoms with van der Waals surface area (Å²) in [6, 6.07) is 1.45. The fourth-order valence-electron chi connectivity index (χ4n) is 1.63. The molecule has 0 aliphatic heterocycles. The lowest BCUT2D eigenvalue weighted by atomic mass is 10.2. The molecule has 1 atom stereocenters. The van der Waals surface area contributed by atoms with Crippen LogP contribution in [0.25, 0.3) is 11.5 Å². The van der Waals surface area contributed by atoms with Crippen LogP contribution in [0.1, 0.15) is 37.1 Å². The second-order valence-corrected chi connectivity index (χ2v) is 4.93. The zero-order valence-electron chi connectivity index (χ0n) is 12.1. The second kappa shape index (κ2) is 6.06. The maximum Gasteiger partial charge on any atom is 0.259 e. The zero-order chi connectivity index (χ0) is 14.7. The van der Waals surface area contributed by atoms with Crippen LogP contribution in [-0.4, -0.2) is 33.0 Å². The van der Waals surface area contributed by atoms with E-state index in [1.54, 1.807) is 0 Å². The fourth-order valence-corrected chi connectivity index (χ4v) is 1.63. The van der Waals surface area contributed by atoms with Crippen molar-refractivity contribution in [1.82, 2.24) is 20.3 Å². The van der Waals surface area contributed by atoms with Gasteiger partial charge >= 0.3 is 0 Å². The molecule has 7 nitrogen and oxygen atoms in total. The lowest BCUT2D eigenvalue weighted by molar-refractivity contribution is 0.0665. The van der Waals surface area contributed by atoms with Gasteiger partial charge in [-0.2, -0.15) is 15.2 Å². The number of hydrogen-bond acceptors (Lipinski definition) is 7. The Morgan fingerprint density at radius 2 is 2.05 bits per heavy atom. The summed E-state index contributed by atoms with van der Waals surface area (Å²) in [7, 11) is 0. The van der Waals surface area contributed by atoms with E-state index in [9.17, 15) is 0 Å². The number of nitrogens with two attached hydrogens (primary N) is 1. The molecule has 0 aromatic carbocycles. The van der Waals surface area contributed by atoms with Gasteiger partial charge in [-0.05, 0) is 33.8 Å². The molecule has 2 aromatic heterocycles. The Morgan fingerprint density at radius 1 is 1.30 bits per heavy atom. The van der Waals surface area contributed by atoms with E-state index in [0.717, 1.165) is 17.0 Å². The Kier molecular flexibility index (Phi) is 4.41. The van der Waals surface area contributed by atoms with Crippen molar-refractivity contribution in [3.63, 3.8) is 0 Å². The predicted molar refractivity (Wildman–Crippen MR) is 72.8 cm³/mol. The van der Waals surface area contributed by atoms with Gasteiger partial charge in [-0.15, -0.1) is 0 Å². The van der Waals surface area contributed by atoms with Crippen molar-refractivity contribution in [2.75, 3.05) is 6.61 Å². The standard InChI is InChI=1S/C13H19N5O2/c1-7(2)19-6-11(14)12-15-13(20-18-12)10-5-8(3)16-17-9(10)4/h5,7,11H,6,14H2,1-4H3. The van der Waals surface area contributed by atoms with Gasteiger partial charge in [0.15, 0.2) is 5.82 Å². The van der Waals surface area contributed by atoms with Gasteiger partial charge in [0.1, 0.15) is 0 Å². The molecule has 0 fully saturated rings. The number of hydrogen-bond donors (Lipinski definition) is 1. The van der Waals surface area contributed by atoms with Crippen LogP contribution in [-0.2, 0) is 4.74 Å². The molecule has 0 aliphatic carbocycles. The van der Waals surface area contributed by atoms with E-state index in [1.807, 2.05) is 33.8 Å². The molecule has 0 aliphatic rings. The van der Waals surface area contributed by atoms with Gasteiger partial charge in [0.2, 0.25) is 0 Å². The molecule has 2 rings (SSSR count). The Labute approximate surface area is 117 Å². The number of aromatic nitrogens is 4. The maximum atomic E-state index is 5.96. The average Bonchev–Trinajstić information content (AvgIpc) is 2.88. The predicted octanol–water partition coefficient (Wildman–Crippen LogP) is 1.57. The van der Waals surface area contributed by atoms with Crippen LogP contribution in [0.15, 0.2) is 10.6 Å². The van der Waals surface area contributed by atoms with Crippen molar-refractivity contribution in [1.29, 1.82) is 0 Å². The van der Waals surface area contributed by atoms with Crippen LogP contribution in [0.5, 0.6) is 0 Å². The van der Waals surface area contributed by atoms with E-state index in [0.29, 0.717) is 18.3 Å². The summed E-state index contributed by atoms with van der Waals surface area (Å²) in [5.74, 6) is 0.824. The first-order valence-corrected chi connectivity index (χ1v) is 6.49. The minimum Gasteiger partial charge on any atom is -0.377 e. The average molecular weight is 277 g/mol. The highest BCUT2D eigenvalue weighted by atomic mass is 16.5. The third-order valence-corrected chi connectivity index (χ3v) is 2.71. The molecule has 7 heteroatoms. The number of aryl methyl sites for hydroxylation is 2. The topological polar surface area (TPSA) is 100.0 Å². The van der Waals surface area contributed by atoms with Gasteiger partial charge in [0.05, 0.1) is 35.7 Å². The molecule has 0 spiro atoms. The lowest BCUT2D eigenvalue weighted by Gasteiger charge is -2.10. The molecule has 20 heavy (non-hydrogen) atoms. The summed E-state index contributed by atoms with van der Waals surface area (Å²) >= 11 is 0. The van der Waals surface area contributed by atoms with E-state index in [1.165, 1.54) is 0 Å². The summed E-state index contributed by atoms with van der Waals surface area (Å²) in [5, 5.41) is 11.9. The summed E-state index contributed by atoms with van der Waals surface area (Å²) in [5.41, 5.74) is 8.26. The van der Waals surface area contributed by atoms with E-state index in [4.69, 9.17) is 15.0 Å². The van der Waals surface area contributed by atoms with Crippen molar-refractivity contribution in [3.8, 4) is 11.5 Å². The molecular formula is C13H19N5O2. The van der Waals surface area contributed by atoms with Crippen molar-refractivity contribution < 1.29 is 9.26 Å². The van der Waals surface area contributed by atoms with Gasteiger partial charge in [-0.3, -0.25) is 0 Å². The van der Waals surface area contributed by atoms with E-state index < -0.39 is 6.04 Å². The highest BCUT2D eigenvalue weighted by molar-refractivity contribution is 5.55. The minimum atomic E-state index is -0.411. The number of nitrogens with zero attached hydrogens (tertiary/aromatic N) is 4.